The molecule has 158 valence electrons. The zero-order valence-corrected chi connectivity index (χ0v) is 17.8. The number of carbonyl (C=O) groups excluding carboxylic acids is 1. The predicted molar refractivity (Wildman–Crippen MR) is 116 cm³/mol. The molecule has 1 amide bonds. The molecule has 2 heterocycles. The summed E-state index contributed by atoms with van der Waals surface area (Å²) in [7, 11) is 1.78. The molecule has 0 saturated carbocycles. The summed E-state index contributed by atoms with van der Waals surface area (Å²) in [6, 6.07) is 17.0. The van der Waals surface area contributed by atoms with Crippen molar-refractivity contribution in [2.24, 2.45) is 0 Å². The van der Waals surface area contributed by atoms with Crippen LogP contribution in [0.25, 0.3) is 5.69 Å². The average Bonchev–Trinajstić information content (AvgIpc) is 3.39. The Hall–Kier alpha value is -3.87. The molecule has 0 aliphatic rings. The van der Waals surface area contributed by atoms with E-state index < -0.39 is 0 Å². The molecule has 0 aliphatic carbocycles. The Kier molecular flexibility index (Phi) is 5.84. The topological polar surface area (TPSA) is 73.4 Å². The smallest absolute Gasteiger partial charge is 0.253 e. The van der Waals surface area contributed by atoms with E-state index in [9.17, 15) is 4.79 Å². The van der Waals surface area contributed by atoms with Gasteiger partial charge in [-0.05, 0) is 50.2 Å². The van der Waals surface area contributed by atoms with Gasteiger partial charge in [0.15, 0.2) is 0 Å². The van der Waals surface area contributed by atoms with E-state index in [1.54, 1.807) is 47.1 Å². The van der Waals surface area contributed by atoms with Crippen molar-refractivity contribution in [1.29, 1.82) is 0 Å². The summed E-state index contributed by atoms with van der Waals surface area (Å²) in [6.45, 7) is 4.59. The number of rotatable bonds is 7. The first-order valence-corrected chi connectivity index (χ1v) is 10.0. The van der Waals surface area contributed by atoms with Crippen LogP contribution < -0.4 is 4.74 Å². The van der Waals surface area contributed by atoms with Crippen LogP contribution in [0.4, 0.5) is 0 Å². The van der Waals surface area contributed by atoms with Gasteiger partial charge in [-0.2, -0.15) is 5.10 Å². The molecule has 0 fully saturated rings. The lowest BCUT2D eigenvalue weighted by Crippen LogP contribution is -2.25. The van der Waals surface area contributed by atoms with Crippen LogP contribution in [-0.2, 0) is 13.2 Å². The largest absolute Gasteiger partial charge is 0.489 e. The molecule has 7 nitrogen and oxygen atoms in total. The number of nitrogens with zero attached hydrogens (tertiary/aromatic N) is 4. The maximum Gasteiger partial charge on any atom is 0.253 e. The minimum atomic E-state index is -0.0651. The summed E-state index contributed by atoms with van der Waals surface area (Å²) in [5, 5.41) is 8.32. The van der Waals surface area contributed by atoms with E-state index in [0.29, 0.717) is 24.5 Å². The number of aromatic nitrogens is 3. The van der Waals surface area contributed by atoms with Gasteiger partial charge >= 0.3 is 0 Å². The second-order valence-corrected chi connectivity index (χ2v) is 7.41. The normalized spacial score (nSPS) is 10.8. The van der Waals surface area contributed by atoms with Crippen LogP contribution in [0.5, 0.6) is 5.75 Å². The van der Waals surface area contributed by atoms with Crippen LogP contribution in [0, 0.1) is 13.8 Å². The molecule has 4 rings (SSSR count). The van der Waals surface area contributed by atoms with Crippen LogP contribution in [0.15, 0.2) is 71.5 Å². The maximum absolute atomic E-state index is 12.8. The molecule has 2 aromatic carbocycles. The fraction of sp³-hybridized carbons (Fsp3) is 0.208. The molecule has 0 atom stereocenters. The van der Waals surface area contributed by atoms with Gasteiger partial charge in [-0.25, -0.2) is 4.68 Å². The van der Waals surface area contributed by atoms with Crippen LogP contribution in [0.2, 0.25) is 0 Å². The Morgan fingerprint density at radius 3 is 2.52 bits per heavy atom. The molecule has 0 unspecified atom stereocenters. The highest BCUT2D eigenvalue weighted by Crippen LogP contribution is 2.19. The third kappa shape index (κ3) is 4.66. The highest BCUT2D eigenvalue weighted by molar-refractivity contribution is 5.94. The molecular weight excluding hydrogens is 392 g/mol. The van der Waals surface area contributed by atoms with Crippen molar-refractivity contribution >= 4 is 5.91 Å². The molecule has 0 aliphatic heterocycles. The number of amides is 1. The lowest BCUT2D eigenvalue weighted by atomic mass is 10.2. The van der Waals surface area contributed by atoms with E-state index in [1.165, 1.54) is 0 Å². The maximum atomic E-state index is 12.8. The van der Waals surface area contributed by atoms with Crippen molar-refractivity contribution < 1.29 is 14.1 Å². The summed E-state index contributed by atoms with van der Waals surface area (Å²) in [6.07, 6.45) is 3.72. The van der Waals surface area contributed by atoms with Gasteiger partial charge in [-0.3, -0.25) is 4.79 Å². The first kappa shape index (κ1) is 20.4. The summed E-state index contributed by atoms with van der Waals surface area (Å²) < 4.78 is 12.8. The number of para-hydroxylation sites is 1. The zero-order valence-electron chi connectivity index (χ0n) is 17.8. The van der Waals surface area contributed by atoms with Gasteiger partial charge < -0.3 is 14.2 Å². The van der Waals surface area contributed by atoms with E-state index in [1.807, 2.05) is 50.4 Å². The van der Waals surface area contributed by atoms with E-state index in [-0.39, 0.29) is 5.91 Å². The van der Waals surface area contributed by atoms with Crippen molar-refractivity contribution in [3.8, 4) is 11.4 Å². The fourth-order valence-electron chi connectivity index (χ4n) is 3.29. The van der Waals surface area contributed by atoms with E-state index in [0.717, 1.165) is 28.3 Å². The highest BCUT2D eigenvalue weighted by Gasteiger charge is 2.14. The minimum Gasteiger partial charge on any atom is -0.489 e. The summed E-state index contributed by atoms with van der Waals surface area (Å²) in [5.41, 5.74) is 4.30. The van der Waals surface area contributed by atoms with E-state index in [2.05, 4.69) is 10.3 Å². The minimum absolute atomic E-state index is 0.0651. The summed E-state index contributed by atoms with van der Waals surface area (Å²) >= 11 is 0. The van der Waals surface area contributed by atoms with Gasteiger partial charge in [0, 0.05) is 30.9 Å². The van der Waals surface area contributed by atoms with Gasteiger partial charge in [0.2, 0.25) is 0 Å². The zero-order chi connectivity index (χ0) is 21.8. The van der Waals surface area contributed by atoms with Crippen LogP contribution in [0.3, 0.4) is 0 Å². The van der Waals surface area contributed by atoms with Crippen molar-refractivity contribution in [3.63, 3.8) is 0 Å². The second-order valence-electron chi connectivity index (χ2n) is 7.41. The van der Waals surface area contributed by atoms with Gasteiger partial charge in [0.1, 0.15) is 18.1 Å². The van der Waals surface area contributed by atoms with E-state index in [4.69, 9.17) is 9.26 Å². The summed E-state index contributed by atoms with van der Waals surface area (Å²) in [5.74, 6) is 1.37. The molecule has 2 aromatic heterocycles. The van der Waals surface area contributed by atoms with Gasteiger partial charge in [0.25, 0.3) is 5.91 Å². The molecule has 4 aromatic rings. The van der Waals surface area contributed by atoms with Gasteiger partial charge in [0.05, 0.1) is 23.1 Å². The molecule has 7 heteroatoms. The monoisotopic (exact) mass is 416 g/mol. The Balaban J connectivity index is 1.36. The standard InChI is InChI=1S/C24H24N4O3/c1-17-23(18(2)31-26-17)16-30-22-11-9-20(10-12-22)24(29)27(3)14-19-13-25-28(15-19)21-7-5-4-6-8-21/h4-13,15H,14,16H2,1-3H3. The summed E-state index contributed by atoms with van der Waals surface area (Å²) in [4.78, 5) is 14.5. The lowest BCUT2D eigenvalue weighted by Gasteiger charge is -2.16. The Labute approximate surface area is 180 Å². The molecule has 0 bridgehead atoms. The third-order valence-corrected chi connectivity index (χ3v) is 5.09. The SMILES string of the molecule is Cc1noc(C)c1COc1ccc(C(=O)N(C)Cc2cnn(-c3ccccc3)c2)cc1. The quantitative estimate of drug-likeness (QED) is 0.448. The van der Waals surface area contributed by atoms with E-state index >= 15 is 0 Å². The van der Waals surface area contributed by atoms with Crippen LogP contribution in [0.1, 0.15) is 32.9 Å². The number of hydrogen-bond donors (Lipinski definition) is 0. The number of benzene rings is 2. The predicted octanol–water partition coefficient (Wildman–Crippen LogP) is 4.33. The van der Waals surface area contributed by atoms with Crippen LogP contribution in [-0.4, -0.2) is 32.8 Å². The highest BCUT2D eigenvalue weighted by atomic mass is 16.5. The number of carbonyl (C=O) groups is 1. The van der Waals surface area contributed by atoms with Crippen molar-refractivity contribution in [2.75, 3.05) is 7.05 Å². The molecular formula is C24H24N4O3. The van der Waals surface area contributed by atoms with Gasteiger partial charge in [-0.1, -0.05) is 23.4 Å². The van der Waals surface area contributed by atoms with Crippen molar-refractivity contribution in [1.82, 2.24) is 19.8 Å². The lowest BCUT2D eigenvalue weighted by molar-refractivity contribution is 0.0785. The molecule has 31 heavy (non-hydrogen) atoms. The molecule has 0 N–H and O–H groups in total. The molecule has 0 saturated heterocycles. The average molecular weight is 416 g/mol. The fourth-order valence-corrected chi connectivity index (χ4v) is 3.29. The first-order valence-electron chi connectivity index (χ1n) is 10.0. The Morgan fingerprint density at radius 1 is 1.10 bits per heavy atom. The number of ether oxygens (including phenoxy) is 1. The van der Waals surface area contributed by atoms with Crippen molar-refractivity contribution in [2.45, 2.75) is 27.0 Å². The Morgan fingerprint density at radius 2 is 1.84 bits per heavy atom. The molecule has 0 spiro atoms. The molecule has 0 radical (unpaired) electrons. The second kappa shape index (κ2) is 8.87. The van der Waals surface area contributed by atoms with Crippen LogP contribution >= 0.6 is 0 Å². The number of aryl methyl sites for hydroxylation is 2. The number of hydrogen-bond acceptors (Lipinski definition) is 5. The van der Waals surface area contributed by atoms with Crippen molar-refractivity contribution in [3.05, 3.63) is 95.1 Å². The third-order valence-electron chi connectivity index (χ3n) is 5.09. The Bertz CT molecular complexity index is 1140. The van der Waals surface area contributed by atoms with Gasteiger partial charge in [-0.15, -0.1) is 0 Å². The first-order chi connectivity index (χ1) is 15.0.